The van der Waals surface area contributed by atoms with Gasteiger partial charge in [0.1, 0.15) is 6.54 Å². The molecular formula is C17H21N5O2. The largest absolute Gasteiger partial charge is 0.359 e. The Hall–Kier alpha value is -2.83. The molecule has 1 aromatic heterocycles. The van der Waals surface area contributed by atoms with Gasteiger partial charge in [-0.1, -0.05) is 12.1 Å². The number of anilines is 2. The number of benzene rings is 1. The number of rotatable bonds is 4. The van der Waals surface area contributed by atoms with Crippen LogP contribution in [0, 0.1) is 13.8 Å². The maximum Gasteiger partial charge on any atom is 0.246 e. The molecule has 2 aromatic rings. The number of carbonyl (C=O) groups excluding carboxylic acids is 2. The predicted molar refractivity (Wildman–Crippen MR) is 92.0 cm³/mol. The van der Waals surface area contributed by atoms with E-state index in [-0.39, 0.29) is 18.4 Å². The number of piperazine rings is 1. The summed E-state index contributed by atoms with van der Waals surface area (Å²) < 4.78 is 1.68. The van der Waals surface area contributed by atoms with Crippen molar-refractivity contribution in [3.8, 4) is 0 Å². The number of hydrogen-bond acceptors (Lipinski definition) is 4. The minimum atomic E-state index is -0.143. The van der Waals surface area contributed by atoms with Gasteiger partial charge in [-0.3, -0.25) is 14.3 Å². The summed E-state index contributed by atoms with van der Waals surface area (Å²) >= 11 is 0. The molecule has 2 amide bonds. The molecule has 1 fully saturated rings. The maximum atomic E-state index is 12.4. The quantitative estimate of drug-likeness (QED) is 0.880. The minimum absolute atomic E-state index is 0.00924. The van der Waals surface area contributed by atoms with Gasteiger partial charge >= 0.3 is 0 Å². The van der Waals surface area contributed by atoms with Gasteiger partial charge in [-0.05, 0) is 32.0 Å². The molecule has 1 saturated heterocycles. The van der Waals surface area contributed by atoms with Gasteiger partial charge in [0.15, 0.2) is 0 Å². The normalized spacial score (nSPS) is 14.4. The van der Waals surface area contributed by atoms with Crippen LogP contribution in [0.2, 0.25) is 0 Å². The molecule has 0 unspecified atom stereocenters. The molecule has 126 valence electrons. The van der Waals surface area contributed by atoms with Gasteiger partial charge in [0.25, 0.3) is 0 Å². The second-order valence-corrected chi connectivity index (χ2v) is 5.92. The number of nitrogens with zero attached hydrogens (tertiary/aromatic N) is 3. The highest BCUT2D eigenvalue weighted by molar-refractivity contribution is 5.95. The van der Waals surface area contributed by atoms with Crippen LogP contribution in [-0.2, 0) is 16.1 Å². The SMILES string of the molecule is Cc1cc(C)n(CC(=O)Nc2ccccc2N2CCNC(=O)C2)n1. The standard InChI is InChI=1S/C17H21N5O2/c1-12-9-13(2)22(20-12)11-17(24)19-14-5-3-4-6-15(14)21-8-7-18-16(23)10-21/h3-6,9H,7-8,10-11H2,1-2H3,(H,18,23)(H,19,24). The minimum Gasteiger partial charge on any atom is -0.359 e. The lowest BCUT2D eigenvalue weighted by Gasteiger charge is -2.30. The average Bonchev–Trinajstić information content (AvgIpc) is 2.85. The van der Waals surface area contributed by atoms with Gasteiger partial charge in [-0.25, -0.2) is 0 Å². The van der Waals surface area contributed by atoms with Crippen LogP contribution in [0.4, 0.5) is 11.4 Å². The molecular weight excluding hydrogens is 306 g/mol. The van der Waals surface area contributed by atoms with Gasteiger partial charge < -0.3 is 15.5 Å². The van der Waals surface area contributed by atoms with E-state index in [9.17, 15) is 9.59 Å². The van der Waals surface area contributed by atoms with E-state index in [0.717, 1.165) is 23.6 Å². The highest BCUT2D eigenvalue weighted by Gasteiger charge is 2.19. The highest BCUT2D eigenvalue weighted by atomic mass is 16.2. The van der Waals surface area contributed by atoms with Gasteiger partial charge in [0.2, 0.25) is 11.8 Å². The lowest BCUT2D eigenvalue weighted by Crippen LogP contribution is -2.47. The first-order valence-corrected chi connectivity index (χ1v) is 7.94. The fourth-order valence-corrected chi connectivity index (χ4v) is 2.86. The summed E-state index contributed by atoms with van der Waals surface area (Å²) in [6.45, 7) is 5.60. The highest BCUT2D eigenvalue weighted by Crippen LogP contribution is 2.26. The van der Waals surface area contributed by atoms with Crippen LogP contribution < -0.4 is 15.5 Å². The average molecular weight is 327 g/mol. The molecule has 24 heavy (non-hydrogen) atoms. The molecule has 1 aliphatic rings. The first kappa shape index (κ1) is 16.0. The second-order valence-electron chi connectivity index (χ2n) is 5.92. The lowest BCUT2D eigenvalue weighted by atomic mass is 10.2. The first-order valence-electron chi connectivity index (χ1n) is 7.94. The van der Waals surface area contributed by atoms with Crippen molar-refractivity contribution >= 4 is 23.2 Å². The predicted octanol–water partition coefficient (Wildman–Crippen LogP) is 1.07. The van der Waals surface area contributed by atoms with E-state index in [1.807, 2.05) is 49.1 Å². The molecule has 1 aromatic carbocycles. The molecule has 0 spiro atoms. The van der Waals surface area contributed by atoms with Crippen LogP contribution in [0.5, 0.6) is 0 Å². The van der Waals surface area contributed by atoms with E-state index >= 15 is 0 Å². The van der Waals surface area contributed by atoms with Gasteiger partial charge in [-0.2, -0.15) is 5.10 Å². The molecule has 0 saturated carbocycles. The Morgan fingerprint density at radius 1 is 1.33 bits per heavy atom. The van der Waals surface area contributed by atoms with Gasteiger partial charge in [0, 0.05) is 18.8 Å². The second kappa shape index (κ2) is 6.74. The Balaban J connectivity index is 1.74. The Labute approximate surface area is 140 Å². The van der Waals surface area contributed by atoms with Gasteiger partial charge in [0.05, 0.1) is 23.6 Å². The summed E-state index contributed by atoms with van der Waals surface area (Å²) in [6.07, 6.45) is 0. The smallest absolute Gasteiger partial charge is 0.246 e. The van der Waals surface area contributed by atoms with E-state index in [1.54, 1.807) is 4.68 Å². The van der Waals surface area contributed by atoms with Crippen LogP contribution in [0.3, 0.4) is 0 Å². The zero-order chi connectivity index (χ0) is 17.1. The van der Waals surface area contributed by atoms with Crippen LogP contribution in [-0.4, -0.2) is 41.2 Å². The van der Waals surface area contributed by atoms with Crippen LogP contribution in [0.1, 0.15) is 11.4 Å². The zero-order valence-electron chi connectivity index (χ0n) is 13.9. The summed E-state index contributed by atoms with van der Waals surface area (Å²) in [4.78, 5) is 26.0. The van der Waals surface area contributed by atoms with Crippen molar-refractivity contribution in [2.75, 3.05) is 29.9 Å². The topological polar surface area (TPSA) is 79.3 Å². The lowest BCUT2D eigenvalue weighted by molar-refractivity contribution is -0.120. The first-order chi connectivity index (χ1) is 11.5. The molecule has 3 rings (SSSR count). The van der Waals surface area contributed by atoms with Crippen LogP contribution in [0.15, 0.2) is 30.3 Å². The molecule has 0 atom stereocenters. The molecule has 0 bridgehead atoms. The summed E-state index contributed by atoms with van der Waals surface area (Å²) in [6, 6.07) is 9.47. The summed E-state index contributed by atoms with van der Waals surface area (Å²) in [7, 11) is 0. The number of hydrogen-bond donors (Lipinski definition) is 2. The molecule has 0 radical (unpaired) electrons. The number of para-hydroxylation sites is 2. The van der Waals surface area contributed by atoms with Crippen molar-refractivity contribution in [3.63, 3.8) is 0 Å². The number of nitrogens with one attached hydrogen (secondary N) is 2. The summed E-state index contributed by atoms with van der Waals surface area (Å²) in [5, 5.41) is 10.0. The summed E-state index contributed by atoms with van der Waals surface area (Å²) in [5.74, 6) is -0.153. The molecule has 2 heterocycles. The third kappa shape index (κ3) is 3.56. The fraction of sp³-hybridized carbons (Fsp3) is 0.353. The van der Waals surface area contributed by atoms with Crippen molar-refractivity contribution in [2.24, 2.45) is 0 Å². The van der Waals surface area contributed by atoms with Crippen LogP contribution in [0.25, 0.3) is 0 Å². The van der Waals surface area contributed by atoms with Crippen molar-refractivity contribution in [1.29, 1.82) is 0 Å². The Bertz CT molecular complexity index is 768. The Morgan fingerprint density at radius 3 is 2.83 bits per heavy atom. The molecule has 0 aliphatic carbocycles. The van der Waals surface area contributed by atoms with E-state index in [0.29, 0.717) is 18.8 Å². The number of amides is 2. The third-order valence-electron chi connectivity index (χ3n) is 3.95. The summed E-state index contributed by atoms with van der Waals surface area (Å²) in [5.41, 5.74) is 3.40. The molecule has 1 aliphatic heterocycles. The van der Waals surface area contributed by atoms with Gasteiger partial charge in [-0.15, -0.1) is 0 Å². The van der Waals surface area contributed by atoms with E-state index in [1.165, 1.54) is 0 Å². The number of aryl methyl sites for hydroxylation is 2. The van der Waals surface area contributed by atoms with Crippen LogP contribution >= 0.6 is 0 Å². The molecule has 7 heteroatoms. The van der Waals surface area contributed by atoms with E-state index in [2.05, 4.69) is 15.7 Å². The van der Waals surface area contributed by atoms with E-state index < -0.39 is 0 Å². The van der Waals surface area contributed by atoms with Crippen molar-refractivity contribution in [3.05, 3.63) is 41.7 Å². The van der Waals surface area contributed by atoms with Crippen molar-refractivity contribution in [2.45, 2.75) is 20.4 Å². The molecule has 7 nitrogen and oxygen atoms in total. The number of carbonyl (C=O) groups is 2. The van der Waals surface area contributed by atoms with E-state index in [4.69, 9.17) is 0 Å². The number of aromatic nitrogens is 2. The maximum absolute atomic E-state index is 12.4. The van der Waals surface area contributed by atoms with Crippen molar-refractivity contribution < 1.29 is 9.59 Å². The van der Waals surface area contributed by atoms with Crippen molar-refractivity contribution in [1.82, 2.24) is 15.1 Å². The Kier molecular flexibility index (Phi) is 4.50. The Morgan fingerprint density at radius 2 is 2.12 bits per heavy atom. The zero-order valence-corrected chi connectivity index (χ0v) is 13.9. The third-order valence-corrected chi connectivity index (χ3v) is 3.95. The molecule has 2 N–H and O–H groups in total. The fourth-order valence-electron chi connectivity index (χ4n) is 2.86. The monoisotopic (exact) mass is 327 g/mol.